The molecule has 0 aromatic rings. The van der Waals surface area contributed by atoms with Crippen LogP contribution in [-0.4, -0.2) is 29.6 Å². The van der Waals surface area contributed by atoms with Crippen molar-refractivity contribution in [3.8, 4) is 0 Å². The summed E-state index contributed by atoms with van der Waals surface area (Å²) in [7, 11) is 0. The average Bonchev–Trinajstić information content (AvgIpc) is 1.82. The van der Waals surface area contributed by atoms with Crippen LogP contribution in [0.1, 0.15) is 6.42 Å². The standard InChI is InChI=1S/C5H12N4O2/c6-4(11)1-3(10)2-9-5(7)8/h3,10H,1-2H2,(H2,6,11)(H4,7,8,9). The van der Waals surface area contributed by atoms with Crippen molar-refractivity contribution in [3.63, 3.8) is 0 Å². The number of nitrogens with one attached hydrogen (secondary N) is 2. The van der Waals surface area contributed by atoms with Gasteiger partial charge in [-0.3, -0.25) is 10.2 Å². The number of aliphatic hydroxyl groups excluding tert-OH is 1. The fourth-order valence-electron chi connectivity index (χ4n) is 0.532. The predicted octanol–water partition coefficient (Wildman–Crippen LogP) is -2.29. The molecule has 7 N–H and O–H groups in total. The quantitative estimate of drug-likeness (QED) is 0.234. The molecule has 1 atom stereocenters. The van der Waals surface area contributed by atoms with Crippen molar-refractivity contribution in [2.75, 3.05) is 6.54 Å². The Bertz CT molecular complexity index is 159. The Morgan fingerprint density at radius 2 is 2.18 bits per heavy atom. The molecule has 0 aromatic carbocycles. The minimum atomic E-state index is -0.878. The topological polar surface area (TPSA) is 125 Å². The highest BCUT2D eigenvalue weighted by Crippen LogP contribution is 1.86. The van der Waals surface area contributed by atoms with Gasteiger partial charge in [0.15, 0.2) is 5.96 Å². The van der Waals surface area contributed by atoms with E-state index in [1.807, 2.05) is 0 Å². The number of guanidine groups is 1. The molecule has 64 valence electrons. The van der Waals surface area contributed by atoms with Crippen LogP contribution >= 0.6 is 0 Å². The zero-order valence-electron chi connectivity index (χ0n) is 6.00. The summed E-state index contributed by atoms with van der Waals surface area (Å²) in [5.74, 6) is -0.823. The maximum atomic E-state index is 10.2. The van der Waals surface area contributed by atoms with Crippen molar-refractivity contribution in [1.82, 2.24) is 5.32 Å². The Morgan fingerprint density at radius 3 is 2.55 bits per heavy atom. The van der Waals surface area contributed by atoms with Gasteiger partial charge in [0.2, 0.25) is 5.91 Å². The summed E-state index contributed by atoms with van der Waals surface area (Å²) in [5.41, 5.74) is 9.70. The number of hydrogen-bond donors (Lipinski definition) is 5. The van der Waals surface area contributed by atoms with Crippen molar-refractivity contribution in [1.29, 1.82) is 5.41 Å². The van der Waals surface area contributed by atoms with Gasteiger partial charge < -0.3 is 21.9 Å². The van der Waals surface area contributed by atoms with Crippen molar-refractivity contribution in [2.24, 2.45) is 11.5 Å². The van der Waals surface area contributed by atoms with Crippen molar-refractivity contribution < 1.29 is 9.90 Å². The van der Waals surface area contributed by atoms with E-state index >= 15 is 0 Å². The summed E-state index contributed by atoms with van der Waals surface area (Å²) < 4.78 is 0. The third-order valence-corrected chi connectivity index (χ3v) is 0.965. The van der Waals surface area contributed by atoms with Crippen LogP contribution in [0.25, 0.3) is 0 Å². The normalized spacial score (nSPS) is 12.1. The van der Waals surface area contributed by atoms with Gasteiger partial charge in [0.05, 0.1) is 12.5 Å². The van der Waals surface area contributed by atoms with E-state index in [9.17, 15) is 4.79 Å². The van der Waals surface area contributed by atoms with Crippen LogP contribution in [0.4, 0.5) is 0 Å². The van der Waals surface area contributed by atoms with Crippen molar-refractivity contribution in [3.05, 3.63) is 0 Å². The fraction of sp³-hybridized carbons (Fsp3) is 0.600. The molecule has 0 heterocycles. The first kappa shape index (κ1) is 9.70. The number of primary amides is 1. The van der Waals surface area contributed by atoms with E-state index in [2.05, 4.69) is 5.32 Å². The molecule has 0 spiro atoms. The molecule has 6 nitrogen and oxygen atoms in total. The molecule has 11 heavy (non-hydrogen) atoms. The van der Waals surface area contributed by atoms with Gasteiger partial charge in [-0.1, -0.05) is 0 Å². The second-order valence-corrected chi connectivity index (χ2v) is 2.12. The first-order valence-corrected chi connectivity index (χ1v) is 3.06. The molecule has 0 aliphatic carbocycles. The smallest absolute Gasteiger partial charge is 0.220 e. The molecular formula is C5H12N4O2. The van der Waals surface area contributed by atoms with Crippen molar-refractivity contribution in [2.45, 2.75) is 12.5 Å². The average molecular weight is 160 g/mol. The molecule has 0 aliphatic heterocycles. The number of nitrogens with two attached hydrogens (primary N) is 2. The minimum Gasteiger partial charge on any atom is -0.391 e. The van der Waals surface area contributed by atoms with E-state index in [1.165, 1.54) is 0 Å². The van der Waals surface area contributed by atoms with E-state index in [-0.39, 0.29) is 18.9 Å². The fourth-order valence-corrected chi connectivity index (χ4v) is 0.532. The van der Waals surface area contributed by atoms with Gasteiger partial charge >= 0.3 is 0 Å². The molecule has 0 bridgehead atoms. The number of amides is 1. The van der Waals surface area contributed by atoms with Crippen LogP contribution in [0, 0.1) is 5.41 Å². The maximum Gasteiger partial charge on any atom is 0.220 e. The Labute approximate surface area is 64.1 Å². The van der Waals surface area contributed by atoms with Crippen LogP contribution in [0.2, 0.25) is 0 Å². The molecule has 0 aromatic heterocycles. The largest absolute Gasteiger partial charge is 0.391 e. The first-order chi connectivity index (χ1) is 5.02. The third-order valence-electron chi connectivity index (χ3n) is 0.965. The monoisotopic (exact) mass is 160 g/mol. The highest BCUT2D eigenvalue weighted by Gasteiger charge is 2.06. The lowest BCUT2D eigenvalue weighted by Crippen LogP contribution is -2.37. The lowest BCUT2D eigenvalue weighted by molar-refractivity contribution is -0.119. The Hall–Kier alpha value is -1.30. The second kappa shape index (κ2) is 4.51. The molecular weight excluding hydrogens is 148 g/mol. The van der Waals surface area contributed by atoms with Gasteiger partial charge in [0.1, 0.15) is 0 Å². The number of hydrogen-bond acceptors (Lipinski definition) is 3. The van der Waals surface area contributed by atoms with E-state index in [0.29, 0.717) is 0 Å². The number of carbonyl (C=O) groups is 1. The van der Waals surface area contributed by atoms with Gasteiger partial charge in [-0.2, -0.15) is 0 Å². The Balaban J connectivity index is 3.44. The van der Waals surface area contributed by atoms with Crippen LogP contribution in [-0.2, 0) is 4.79 Å². The first-order valence-electron chi connectivity index (χ1n) is 3.06. The molecule has 0 saturated carbocycles. The van der Waals surface area contributed by atoms with Gasteiger partial charge in [-0.15, -0.1) is 0 Å². The predicted molar refractivity (Wildman–Crippen MR) is 39.7 cm³/mol. The lowest BCUT2D eigenvalue weighted by Gasteiger charge is -2.08. The molecule has 0 rings (SSSR count). The molecule has 0 aliphatic rings. The zero-order valence-corrected chi connectivity index (χ0v) is 6.00. The second-order valence-electron chi connectivity index (χ2n) is 2.12. The highest BCUT2D eigenvalue weighted by atomic mass is 16.3. The van der Waals surface area contributed by atoms with E-state index < -0.39 is 12.0 Å². The summed E-state index contributed by atoms with van der Waals surface area (Å²) >= 11 is 0. The molecule has 0 radical (unpaired) electrons. The summed E-state index contributed by atoms with van der Waals surface area (Å²) in [5, 5.41) is 18.0. The number of aliphatic hydroxyl groups is 1. The maximum absolute atomic E-state index is 10.2. The van der Waals surface area contributed by atoms with E-state index in [4.69, 9.17) is 22.0 Å². The Morgan fingerprint density at radius 1 is 1.64 bits per heavy atom. The number of carbonyl (C=O) groups excluding carboxylic acids is 1. The lowest BCUT2D eigenvalue weighted by atomic mass is 10.2. The van der Waals surface area contributed by atoms with Gasteiger partial charge in [-0.05, 0) is 0 Å². The molecule has 0 fully saturated rings. The van der Waals surface area contributed by atoms with E-state index in [1.54, 1.807) is 0 Å². The summed E-state index contributed by atoms with van der Waals surface area (Å²) in [4.78, 5) is 10.2. The van der Waals surface area contributed by atoms with Crippen LogP contribution in [0.5, 0.6) is 0 Å². The third kappa shape index (κ3) is 6.59. The van der Waals surface area contributed by atoms with E-state index in [0.717, 1.165) is 0 Å². The molecule has 0 saturated heterocycles. The van der Waals surface area contributed by atoms with Gasteiger partial charge in [-0.25, -0.2) is 0 Å². The van der Waals surface area contributed by atoms with Crippen LogP contribution in [0.15, 0.2) is 0 Å². The summed E-state index contributed by atoms with van der Waals surface area (Å²) in [6, 6.07) is 0. The zero-order chi connectivity index (χ0) is 8.85. The highest BCUT2D eigenvalue weighted by molar-refractivity contribution is 5.75. The van der Waals surface area contributed by atoms with Gasteiger partial charge in [0, 0.05) is 6.54 Å². The minimum absolute atomic E-state index is 0.0677. The van der Waals surface area contributed by atoms with Crippen molar-refractivity contribution >= 4 is 11.9 Å². The summed E-state index contributed by atoms with van der Waals surface area (Å²) in [6.45, 7) is 0.0677. The van der Waals surface area contributed by atoms with Crippen LogP contribution in [0.3, 0.4) is 0 Å². The number of rotatable bonds is 4. The molecule has 6 heteroatoms. The Kier molecular flexibility index (Phi) is 3.97. The molecule has 1 amide bonds. The van der Waals surface area contributed by atoms with Gasteiger partial charge in [0.25, 0.3) is 0 Å². The SMILES string of the molecule is N=C(N)NCC(O)CC(N)=O. The van der Waals surface area contributed by atoms with Crippen LogP contribution < -0.4 is 16.8 Å². The summed E-state index contributed by atoms with van der Waals surface area (Å²) in [6.07, 6.45) is -1.00. The molecule has 1 unspecified atom stereocenters.